The molecule has 2 aromatic heterocycles. The maximum atomic E-state index is 14.4. The van der Waals surface area contributed by atoms with Crippen LogP contribution < -0.4 is 19.5 Å². The average molecular weight is 480 g/mol. The van der Waals surface area contributed by atoms with Crippen LogP contribution in [0.25, 0.3) is 16.6 Å². The van der Waals surface area contributed by atoms with Gasteiger partial charge in [0, 0.05) is 30.2 Å². The first-order valence-corrected chi connectivity index (χ1v) is 12.0. The van der Waals surface area contributed by atoms with Gasteiger partial charge in [-0.3, -0.25) is 0 Å². The molecule has 1 saturated carbocycles. The molecule has 0 atom stereocenters. The molecule has 9 heteroatoms. The molecule has 0 bridgehead atoms. The fraction of sp³-hybridized carbons (Fsp3) is 0.423. The minimum absolute atomic E-state index is 0.289. The molecule has 0 radical (unpaired) electrons. The van der Waals surface area contributed by atoms with Gasteiger partial charge in [0.25, 0.3) is 0 Å². The normalized spacial score (nSPS) is 14.7. The third-order valence-corrected chi connectivity index (χ3v) is 6.69. The van der Waals surface area contributed by atoms with Crippen molar-refractivity contribution in [2.75, 3.05) is 26.6 Å². The fourth-order valence-electron chi connectivity index (χ4n) is 4.82. The summed E-state index contributed by atoms with van der Waals surface area (Å²) in [6.07, 6.45) is 6.95. The molecule has 184 valence electrons. The lowest BCUT2D eigenvalue weighted by Gasteiger charge is -2.13. The van der Waals surface area contributed by atoms with Crippen LogP contribution >= 0.6 is 0 Å². The van der Waals surface area contributed by atoms with Gasteiger partial charge in [-0.2, -0.15) is 4.52 Å². The van der Waals surface area contributed by atoms with E-state index in [0.29, 0.717) is 46.3 Å². The lowest BCUT2D eigenvalue weighted by Crippen LogP contribution is -2.10. The Morgan fingerprint density at radius 1 is 0.943 bits per heavy atom. The first kappa shape index (κ1) is 23.1. The first-order chi connectivity index (χ1) is 17.1. The Hall–Kier alpha value is -3.62. The highest BCUT2D eigenvalue weighted by Crippen LogP contribution is 2.34. The van der Waals surface area contributed by atoms with E-state index in [2.05, 4.69) is 5.32 Å². The molecule has 35 heavy (non-hydrogen) atoms. The van der Waals surface area contributed by atoms with Crippen molar-refractivity contribution in [3.8, 4) is 17.2 Å². The highest BCUT2D eigenvalue weighted by Gasteiger charge is 2.23. The molecule has 0 unspecified atom stereocenters. The van der Waals surface area contributed by atoms with E-state index in [1.165, 1.54) is 44.9 Å². The van der Waals surface area contributed by atoms with E-state index in [9.17, 15) is 4.39 Å². The number of nitrogens with zero attached hydrogens (tertiary/aromatic N) is 4. The van der Waals surface area contributed by atoms with Crippen LogP contribution in [-0.2, 0) is 6.54 Å². The van der Waals surface area contributed by atoms with Crippen molar-refractivity contribution in [2.45, 2.75) is 51.0 Å². The van der Waals surface area contributed by atoms with E-state index in [1.807, 2.05) is 18.2 Å². The summed E-state index contributed by atoms with van der Waals surface area (Å²) in [6, 6.07) is 8.45. The maximum Gasteiger partial charge on any atom is 0.226 e. The van der Waals surface area contributed by atoms with Gasteiger partial charge in [0.1, 0.15) is 28.6 Å². The number of benzene rings is 2. The van der Waals surface area contributed by atoms with Gasteiger partial charge >= 0.3 is 0 Å². The highest BCUT2D eigenvalue weighted by molar-refractivity contribution is 5.96. The highest BCUT2D eigenvalue weighted by atomic mass is 19.1. The molecule has 2 aromatic carbocycles. The number of rotatable bonds is 7. The Balaban J connectivity index is 1.60. The van der Waals surface area contributed by atoms with Crippen LogP contribution in [0.2, 0.25) is 0 Å². The molecule has 1 N–H and O–H groups in total. The molecule has 4 aromatic rings. The third-order valence-electron chi connectivity index (χ3n) is 6.69. The SMILES string of the molecule is COc1ccc(CNc2nc3c(OC)cc(F)cc3c3nc(C4CCCCCC4)nn23)c(OC)c1. The topological polar surface area (TPSA) is 82.8 Å². The fourth-order valence-corrected chi connectivity index (χ4v) is 4.82. The van der Waals surface area contributed by atoms with Gasteiger partial charge in [0.2, 0.25) is 5.95 Å². The summed E-state index contributed by atoms with van der Waals surface area (Å²) in [7, 11) is 4.76. The van der Waals surface area contributed by atoms with E-state index in [4.69, 9.17) is 29.3 Å². The van der Waals surface area contributed by atoms with Crippen LogP contribution in [0.3, 0.4) is 0 Å². The predicted octanol–water partition coefficient (Wildman–Crippen LogP) is 5.49. The molecule has 1 fully saturated rings. The number of fused-ring (bicyclic) bond motifs is 3. The summed E-state index contributed by atoms with van der Waals surface area (Å²) < 4.78 is 32.4. The Kier molecular flexibility index (Phi) is 6.57. The average Bonchev–Trinajstić information content (AvgIpc) is 3.15. The number of halogens is 1. The Morgan fingerprint density at radius 2 is 1.71 bits per heavy atom. The lowest BCUT2D eigenvalue weighted by atomic mass is 10.00. The van der Waals surface area contributed by atoms with Crippen LogP contribution in [0.1, 0.15) is 55.8 Å². The molecule has 0 aliphatic heterocycles. The number of ether oxygens (including phenoxy) is 3. The molecule has 0 spiro atoms. The van der Waals surface area contributed by atoms with Crippen LogP contribution in [-0.4, -0.2) is 40.9 Å². The molecule has 5 rings (SSSR count). The van der Waals surface area contributed by atoms with Gasteiger partial charge in [-0.15, -0.1) is 5.10 Å². The van der Waals surface area contributed by atoms with Crippen LogP contribution in [0, 0.1) is 5.82 Å². The standard InChI is InChI=1S/C26H30FN5O3/c1-33-19-11-10-17(21(14-19)34-2)15-28-26-29-23-20(12-18(27)13-22(23)35-3)25-30-24(31-32(25)26)16-8-6-4-5-7-9-16/h10-14,16H,4-9,15H2,1-3H3,(H,28,29). The number of nitrogens with one attached hydrogen (secondary N) is 1. The Bertz CT molecular complexity index is 1350. The Morgan fingerprint density at radius 3 is 2.43 bits per heavy atom. The van der Waals surface area contributed by atoms with E-state index in [-0.39, 0.29) is 5.92 Å². The smallest absolute Gasteiger partial charge is 0.226 e. The summed E-state index contributed by atoms with van der Waals surface area (Å²) in [4.78, 5) is 9.69. The lowest BCUT2D eigenvalue weighted by molar-refractivity contribution is 0.391. The summed E-state index contributed by atoms with van der Waals surface area (Å²) in [5, 5.41) is 8.81. The number of hydrogen-bond donors (Lipinski definition) is 1. The van der Waals surface area contributed by atoms with Crippen molar-refractivity contribution in [1.82, 2.24) is 19.6 Å². The second kappa shape index (κ2) is 9.93. The zero-order valence-corrected chi connectivity index (χ0v) is 20.3. The van der Waals surface area contributed by atoms with Gasteiger partial charge < -0.3 is 19.5 Å². The van der Waals surface area contributed by atoms with Gasteiger partial charge in [0.05, 0.1) is 26.7 Å². The second-order valence-corrected chi connectivity index (χ2v) is 8.86. The van der Waals surface area contributed by atoms with Crippen LogP contribution in [0.4, 0.5) is 10.3 Å². The number of methoxy groups -OCH3 is 3. The molecule has 1 aliphatic rings. The van der Waals surface area contributed by atoms with Crippen molar-refractivity contribution in [1.29, 1.82) is 0 Å². The molecule has 1 aliphatic carbocycles. The molecule has 0 amide bonds. The van der Waals surface area contributed by atoms with Crippen LogP contribution in [0.15, 0.2) is 30.3 Å². The zero-order valence-electron chi connectivity index (χ0n) is 20.3. The van der Waals surface area contributed by atoms with Gasteiger partial charge in [0.15, 0.2) is 11.5 Å². The molecule has 0 saturated heterocycles. The summed E-state index contributed by atoms with van der Waals surface area (Å²) in [5.74, 6) is 2.95. The largest absolute Gasteiger partial charge is 0.497 e. The summed E-state index contributed by atoms with van der Waals surface area (Å²) >= 11 is 0. The summed E-state index contributed by atoms with van der Waals surface area (Å²) in [6.45, 7) is 0.433. The molecular formula is C26H30FN5O3. The Labute approximate surface area is 203 Å². The molecule has 2 heterocycles. The van der Waals surface area contributed by atoms with E-state index < -0.39 is 5.82 Å². The minimum Gasteiger partial charge on any atom is -0.497 e. The predicted molar refractivity (Wildman–Crippen MR) is 132 cm³/mol. The van der Waals surface area contributed by atoms with Crippen molar-refractivity contribution in [3.05, 3.63) is 47.5 Å². The van der Waals surface area contributed by atoms with Gasteiger partial charge in [-0.1, -0.05) is 25.7 Å². The van der Waals surface area contributed by atoms with Crippen molar-refractivity contribution in [2.24, 2.45) is 0 Å². The summed E-state index contributed by atoms with van der Waals surface area (Å²) in [5.41, 5.74) is 2.03. The quantitative estimate of drug-likeness (QED) is 0.351. The monoisotopic (exact) mass is 479 g/mol. The van der Waals surface area contributed by atoms with Gasteiger partial charge in [-0.25, -0.2) is 14.4 Å². The first-order valence-electron chi connectivity index (χ1n) is 12.0. The van der Waals surface area contributed by atoms with E-state index >= 15 is 0 Å². The molecular weight excluding hydrogens is 449 g/mol. The maximum absolute atomic E-state index is 14.4. The minimum atomic E-state index is -0.402. The van der Waals surface area contributed by atoms with Crippen molar-refractivity contribution < 1.29 is 18.6 Å². The van der Waals surface area contributed by atoms with Crippen molar-refractivity contribution in [3.63, 3.8) is 0 Å². The zero-order chi connectivity index (χ0) is 24.4. The second-order valence-electron chi connectivity index (χ2n) is 8.86. The number of anilines is 1. The molecule has 8 nitrogen and oxygen atoms in total. The third kappa shape index (κ3) is 4.54. The van der Waals surface area contributed by atoms with Crippen LogP contribution in [0.5, 0.6) is 17.2 Å². The number of hydrogen-bond acceptors (Lipinski definition) is 7. The van der Waals surface area contributed by atoms with Crippen molar-refractivity contribution >= 4 is 22.5 Å². The van der Waals surface area contributed by atoms with E-state index in [1.54, 1.807) is 18.7 Å². The number of aromatic nitrogens is 4. The van der Waals surface area contributed by atoms with E-state index in [0.717, 1.165) is 24.2 Å². The van der Waals surface area contributed by atoms with Gasteiger partial charge in [-0.05, 0) is 31.0 Å².